The zero-order valence-electron chi connectivity index (χ0n) is 10.1. The van der Waals surface area contributed by atoms with Gasteiger partial charge in [-0.05, 0) is 18.9 Å². The standard InChI is InChI=1S/C14H16N2O2/c17-9-12-11-3-1-2-4-13(11)16-14(12)15-10-5-7-18-8-6-10/h1-4,9-10,15-16H,5-8H2. The number of carbonyl (C=O) groups excluding carboxylic acids is 1. The van der Waals surface area contributed by atoms with Crippen LogP contribution in [0.25, 0.3) is 10.9 Å². The number of hydrogen-bond donors (Lipinski definition) is 2. The molecule has 0 atom stereocenters. The number of para-hydroxylation sites is 1. The molecule has 0 amide bonds. The Morgan fingerprint density at radius 1 is 1.28 bits per heavy atom. The summed E-state index contributed by atoms with van der Waals surface area (Å²) < 4.78 is 5.33. The third kappa shape index (κ3) is 1.99. The second kappa shape index (κ2) is 4.82. The van der Waals surface area contributed by atoms with Gasteiger partial charge in [0.05, 0.1) is 5.56 Å². The van der Waals surface area contributed by atoms with Crippen molar-refractivity contribution in [3.8, 4) is 0 Å². The second-order valence-corrected chi connectivity index (χ2v) is 4.61. The van der Waals surface area contributed by atoms with Gasteiger partial charge < -0.3 is 15.0 Å². The monoisotopic (exact) mass is 244 g/mol. The number of carbonyl (C=O) groups is 1. The highest BCUT2D eigenvalue weighted by molar-refractivity contribution is 6.03. The zero-order valence-corrected chi connectivity index (χ0v) is 10.1. The van der Waals surface area contributed by atoms with Gasteiger partial charge in [0, 0.05) is 30.2 Å². The molecule has 1 aromatic heterocycles. The first kappa shape index (κ1) is 11.3. The predicted octanol–water partition coefficient (Wildman–Crippen LogP) is 2.57. The van der Waals surface area contributed by atoms with E-state index >= 15 is 0 Å². The van der Waals surface area contributed by atoms with Gasteiger partial charge in [0.25, 0.3) is 0 Å². The van der Waals surface area contributed by atoms with Gasteiger partial charge >= 0.3 is 0 Å². The summed E-state index contributed by atoms with van der Waals surface area (Å²) in [6, 6.07) is 8.24. The van der Waals surface area contributed by atoms with E-state index in [1.54, 1.807) is 0 Å². The second-order valence-electron chi connectivity index (χ2n) is 4.61. The average molecular weight is 244 g/mol. The fourth-order valence-corrected chi connectivity index (χ4v) is 2.45. The molecule has 0 bridgehead atoms. The zero-order chi connectivity index (χ0) is 12.4. The molecule has 94 valence electrons. The van der Waals surface area contributed by atoms with E-state index in [1.807, 2.05) is 24.3 Å². The molecule has 4 heteroatoms. The summed E-state index contributed by atoms with van der Waals surface area (Å²) in [7, 11) is 0. The van der Waals surface area contributed by atoms with Gasteiger partial charge in [-0.1, -0.05) is 18.2 Å². The molecule has 0 radical (unpaired) electrons. The summed E-state index contributed by atoms with van der Waals surface area (Å²) in [6.45, 7) is 1.57. The Hall–Kier alpha value is -1.81. The number of nitrogens with one attached hydrogen (secondary N) is 2. The third-order valence-corrected chi connectivity index (χ3v) is 3.43. The summed E-state index contributed by atoms with van der Waals surface area (Å²) in [5.41, 5.74) is 1.71. The first-order valence-corrected chi connectivity index (χ1v) is 6.28. The van der Waals surface area contributed by atoms with Crippen LogP contribution in [0.1, 0.15) is 23.2 Å². The number of aromatic nitrogens is 1. The van der Waals surface area contributed by atoms with Crippen molar-refractivity contribution in [1.82, 2.24) is 4.98 Å². The molecular formula is C14H16N2O2. The molecular weight excluding hydrogens is 228 g/mol. The number of rotatable bonds is 3. The van der Waals surface area contributed by atoms with Crippen molar-refractivity contribution < 1.29 is 9.53 Å². The van der Waals surface area contributed by atoms with Gasteiger partial charge in [0.1, 0.15) is 5.82 Å². The third-order valence-electron chi connectivity index (χ3n) is 3.43. The molecule has 0 unspecified atom stereocenters. The molecule has 1 aliphatic rings. The average Bonchev–Trinajstić information content (AvgIpc) is 2.77. The quantitative estimate of drug-likeness (QED) is 0.816. The van der Waals surface area contributed by atoms with E-state index in [2.05, 4.69) is 10.3 Å². The van der Waals surface area contributed by atoms with Crippen LogP contribution < -0.4 is 5.32 Å². The maximum Gasteiger partial charge on any atom is 0.154 e. The van der Waals surface area contributed by atoms with E-state index in [0.29, 0.717) is 6.04 Å². The summed E-state index contributed by atoms with van der Waals surface area (Å²) >= 11 is 0. The molecule has 18 heavy (non-hydrogen) atoms. The molecule has 3 rings (SSSR count). The van der Waals surface area contributed by atoms with Crippen LogP contribution in [-0.2, 0) is 4.74 Å². The van der Waals surface area contributed by atoms with Crippen LogP contribution in [-0.4, -0.2) is 30.5 Å². The van der Waals surface area contributed by atoms with Crippen molar-refractivity contribution in [3.63, 3.8) is 0 Å². The van der Waals surface area contributed by atoms with E-state index < -0.39 is 0 Å². The first-order valence-electron chi connectivity index (χ1n) is 6.28. The first-order chi connectivity index (χ1) is 8.88. The number of ether oxygens (including phenoxy) is 1. The summed E-state index contributed by atoms with van der Waals surface area (Å²) in [4.78, 5) is 14.5. The van der Waals surface area contributed by atoms with Crippen LogP contribution in [0.4, 0.5) is 5.82 Å². The highest BCUT2D eigenvalue weighted by Crippen LogP contribution is 2.26. The van der Waals surface area contributed by atoms with Crippen molar-refractivity contribution in [2.45, 2.75) is 18.9 Å². The lowest BCUT2D eigenvalue weighted by molar-refractivity contribution is 0.0904. The largest absolute Gasteiger partial charge is 0.381 e. The van der Waals surface area contributed by atoms with Crippen LogP contribution >= 0.6 is 0 Å². The molecule has 0 aliphatic carbocycles. The summed E-state index contributed by atoms with van der Waals surface area (Å²) in [5, 5.41) is 4.40. The van der Waals surface area contributed by atoms with Gasteiger partial charge in [0.15, 0.2) is 6.29 Å². The van der Waals surface area contributed by atoms with E-state index in [1.165, 1.54) is 0 Å². The minimum absolute atomic E-state index is 0.380. The lowest BCUT2D eigenvalue weighted by Crippen LogP contribution is -2.28. The Morgan fingerprint density at radius 2 is 2.06 bits per heavy atom. The van der Waals surface area contributed by atoms with Crippen LogP contribution in [0.2, 0.25) is 0 Å². The Kier molecular flexibility index (Phi) is 3.02. The Labute approximate surface area is 105 Å². The maximum atomic E-state index is 11.3. The van der Waals surface area contributed by atoms with Gasteiger partial charge in [-0.2, -0.15) is 0 Å². The van der Waals surface area contributed by atoms with E-state index in [0.717, 1.165) is 54.6 Å². The Morgan fingerprint density at radius 3 is 2.83 bits per heavy atom. The lowest BCUT2D eigenvalue weighted by Gasteiger charge is -2.23. The SMILES string of the molecule is O=Cc1c(NC2CCOCC2)[nH]c2ccccc12. The van der Waals surface area contributed by atoms with Crippen LogP contribution in [0.15, 0.2) is 24.3 Å². The number of fused-ring (bicyclic) bond motifs is 1. The van der Waals surface area contributed by atoms with E-state index in [9.17, 15) is 4.79 Å². The van der Waals surface area contributed by atoms with E-state index in [-0.39, 0.29) is 0 Å². The minimum Gasteiger partial charge on any atom is -0.381 e. The molecule has 1 fully saturated rings. The topological polar surface area (TPSA) is 54.1 Å². The minimum atomic E-state index is 0.380. The Balaban J connectivity index is 1.92. The molecule has 1 saturated heterocycles. The fraction of sp³-hybridized carbons (Fsp3) is 0.357. The summed E-state index contributed by atoms with van der Waals surface area (Å²) in [5.74, 6) is 0.832. The molecule has 0 spiro atoms. The molecule has 1 aromatic carbocycles. The molecule has 1 aliphatic heterocycles. The lowest BCUT2D eigenvalue weighted by atomic mass is 10.1. The Bertz CT molecular complexity index is 556. The summed E-state index contributed by atoms with van der Waals surface area (Å²) in [6.07, 6.45) is 2.88. The van der Waals surface area contributed by atoms with Crippen molar-refractivity contribution in [2.24, 2.45) is 0 Å². The number of anilines is 1. The smallest absolute Gasteiger partial charge is 0.154 e. The van der Waals surface area contributed by atoms with Gasteiger partial charge in [-0.25, -0.2) is 0 Å². The van der Waals surface area contributed by atoms with Crippen molar-refractivity contribution in [3.05, 3.63) is 29.8 Å². The molecule has 2 heterocycles. The highest BCUT2D eigenvalue weighted by atomic mass is 16.5. The number of benzene rings is 1. The molecule has 0 saturated carbocycles. The maximum absolute atomic E-state index is 11.3. The van der Waals surface area contributed by atoms with Gasteiger partial charge in [-0.3, -0.25) is 4.79 Å². The van der Waals surface area contributed by atoms with Crippen LogP contribution in [0.3, 0.4) is 0 Å². The molecule has 2 N–H and O–H groups in total. The fourth-order valence-electron chi connectivity index (χ4n) is 2.45. The van der Waals surface area contributed by atoms with Gasteiger partial charge in [0.2, 0.25) is 0 Å². The predicted molar refractivity (Wildman–Crippen MR) is 71.1 cm³/mol. The van der Waals surface area contributed by atoms with Crippen molar-refractivity contribution in [2.75, 3.05) is 18.5 Å². The number of H-pyrrole nitrogens is 1. The van der Waals surface area contributed by atoms with Crippen LogP contribution in [0.5, 0.6) is 0 Å². The number of aldehydes is 1. The number of aromatic amines is 1. The van der Waals surface area contributed by atoms with Crippen molar-refractivity contribution in [1.29, 1.82) is 0 Å². The number of hydrogen-bond acceptors (Lipinski definition) is 3. The van der Waals surface area contributed by atoms with Crippen LogP contribution in [0, 0.1) is 0 Å². The highest BCUT2D eigenvalue weighted by Gasteiger charge is 2.17. The molecule has 4 nitrogen and oxygen atoms in total. The molecule has 2 aromatic rings. The van der Waals surface area contributed by atoms with Gasteiger partial charge in [-0.15, -0.1) is 0 Å². The van der Waals surface area contributed by atoms with E-state index in [4.69, 9.17) is 4.74 Å². The van der Waals surface area contributed by atoms with Crippen molar-refractivity contribution >= 4 is 23.0 Å². The normalized spacial score (nSPS) is 16.9.